The number of fused-ring (bicyclic) bond motifs is 2. The summed E-state index contributed by atoms with van der Waals surface area (Å²) in [5.74, 6) is 2.99. The van der Waals surface area contributed by atoms with Crippen molar-refractivity contribution in [1.82, 2.24) is 24.5 Å². The van der Waals surface area contributed by atoms with E-state index in [1.54, 1.807) is 6.20 Å². The van der Waals surface area contributed by atoms with Gasteiger partial charge in [-0.1, -0.05) is 11.6 Å². The number of anilines is 2. The first kappa shape index (κ1) is 19.7. The molecule has 0 saturated carbocycles. The number of rotatable bonds is 5. The molecule has 0 aliphatic carbocycles. The van der Waals surface area contributed by atoms with Crippen molar-refractivity contribution in [2.75, 3.05) is 41.4 Å². The van der Waals surface area contributed by atoms with Gasteiger partial charge in [-0.05, 0) is 35.9 Å². The Morgan fingerprint density at radius 1 is 1.07 bits per heavy atom. The molecule has 1 N–H and O–H groups in total. The van der Waals surface area contributed by atoms with Crippen LogP contribution < -0.4 is 10.2 Å². The molecular formula is C20H19Cl2N7S. The summed E-state index contributed by atoms with van der Waals surface area (Å²) in [7, 11) is 0. The molecule has 4 aromatic rings. The average Bonchev–Trinajstić information content (AvgIpc) is 3.16. The zero-order chi connectivity index (χ0) is 20.5. The minimum atomic E-state index is 0.252. The van der Waals surface area contributed by atoms with Crippen LogP contribution in [0.5, 0.6) is 0 Å². The maximum Gasteiger partial charge on any atom is 0.226 e. The van der Waals surface area contributed by atoms with E-state index in [0.717, 1.165) is 58.2 Å². The summed E-state index contributed by atoms with van der Waals surface area (Å²) in [4.78, 5) is 20.1. The van der Waals surface area contributed by atoms with Gasteiger partial charge in [-0.3, -0.25) is 4.98 Å². The lowest BCUT2D eigenvalue weighted by Crippen LogP contribution is -2.33. The molecule has 10 heteroatoms. The van der Waals surface area contributed by atoms with Crippen LogP contribution in [0.1, 0.15) is 0 Å². The Bertz CT molecular complexity index is 1210. The number of pyridine rings is 1. The molecule has 154 valence electrons. The number of halogens is 2. The first-order valence-electron chi connectivity index (χ1n) is 9.68. The molecule has 1 saturated heterocycles. The van der Waals surface area contributed by atoms with Gasteiger partial charge in [-0.15, -0.1) is 0 Å². The van der Waals surface area contributed by atoms with Crippen molar-refractivity contribution in [3.63, 3.8) is 0 Å². The Morgan fingerprint density at radius 3 is 2.80 bits per heavy atom. The highest BCUT2D eigenvalue weighted by atomic mass is 35.5. The third-order valence-corrected chi connectivity index (χ3v) is 6.45. The van der Waals surface area contributed by atoms with Crippen LogP contribution in [0.25, 0.3) is 22.1 Å². The fourth-order valence-electron chi connectivity index (χ4n) is 3.65. The molecule has 0 bridgehead atoms. The van der Waals surface area contributed by atoms with Crippen LogP contribution in [0.15, 0.2) is 36.8 Å². The van der Waals surface area contributed by atoms with Crippen molar-refractivity contribution in [2.45, 2.75) is 6.54 Å². The zero-order valence-corrected chi connectivity index (χ0v) is 18.4. The Labute approximate surface area is 187 Å². The van der Waals surface area contributed by atoms with Crippen molar-refractivity contribution in [3.8, 4) is 0 Å². The van der Waals surface area contributed by atoms with E-state index in [2.05, 4.69) is 30.2 Å². The first-order valence-corrected chi connectivity index (χ1v) is 11.6. The van der Waals surface area contributed by atoms with Gasteiger partial charge in [0.25, 0.3) is 0 Å². The molecule has 1 aliphatic rings. The molecule has 0 atom stereocenters. The second-order valence-corrected chi connectivity index (χ2v) is 8.97. The van der Waals surface area contributed by atoms with Gasteiger partial charge >= 0.3 is 0 Å². The van der Waals surface area contributed by atoms with Gasteiger partial charge in [-0.2, -0.15) is 21.7 Å². The number of nitrogens with one attached hydrogen (secondary N) is 1. The molecular weight excluding hydrogens is 441 g/mol. The molecule has 30 heavy (non-hydrogen) atoms. The van der Waals surface area contributed by atoms with Gasteiger partial charge in [0.2, 0.25) is 5.28 Å². The lowest BCUT2D eigenvalue weighted by atomic mass is 10.2. The summed E-state index contributed by atoms with van der Waals surface area (Å²) in [6.45, 7) is 3.28. The summed E-state index contributed by atoms with van der Waals surface area (Å²) in [6.07, 6.45) is 3.59. The number of thioether (sulfide) groups is 1. The van der Waals surface area contributed by atoms with Crippen molar-refractivity contribution < 1.29 is 0 Å². The van der Waals surface area contributed by atoms with E-state index in [0.29, 0.717) is 18.1 Å². The second kappa shape index (κ2) is 8.45. The van der Waals surface area contributed by atoms with Gasteiger partial charge in [0.1, 0.15) is 0 Å². The maximum atomic E-state index is 6.25. The second-order valence-electron chi connectivity index (χ2n) is 6.97. The van der Waals surface area contributed by atoms with E-state index in [1.165, 1.54) is 0 Å². The summed E-state index contributed by atoms with van der Waals surface area (Å²) < 4.78 is 2.01. The predicted molar refractivity (Wildman–Crippen MR) is 125 cm³/mol. The zero-order valence-electron chi connectivity index (χ0n) is 16.1. The number of nitrogens with zero attached hydrogens (tertiary/aromatic N) is 6. The lowest BCUT2D eigenvalue weighted by molar-refractivity contribution is 0.741. The third-order valence-electron chi connectivity index (χ3n) is 5.10. The standard InChI is InChI=1S/C20H19Cl2N7S/c21-13-1-2-14-15(3-4-23-16(14)11-13)24-5-6-29-12-25-17-18(26-20(22)27-19(17)29)28-7-9-30-10-8-28/h1-4,11-12H,5-10H2,(H,23,24). The van der Waals surface area contributed by atoms with Crippen molar-refractivity contribution >= 4 is 68.5 Å². The minimum absolute atomic E-state index is 0.252. The first-order chi connectivity index (χ1) is 14.7. The molecule has 0 spiro atoms. The van der Waals surface area contributed by atoms with E-state index in [4.69, 9.17) is 23.2 Å². The fourth-order valence-corrected chi connectivity index (χ4v) is 4.88. The van der Waals surface area contributed by atoms with Crippen LogP contribution in [0.2, 0.25) is 10.3 Å². The van der Waals surface area contributed by atoms with E-state index in [-0.39, 0.29) is 5.28 Å². The molecule has 0 radical (unpaired) electrons. The Hall–Kier alpha value is -2.29. The highest BCUT2D eigenvalue weighted by Gasteiger charge is 2.20. The SMILES string of the molecule is Clc1ccc2c(NCCn3cnc4c(N5CCSCC5)nc(Cl)nc43)ccnc2c1. The molecule has 0 amide bonds. The highest BCUT2D eigenvalue weighted by molar-refractivity contribution is 7.99. The quantitative estimate of drug-likeness (QED) is 0.444. The largest absolute Gasteiger partial charge is 0.383 e. The van der Waals surface area contributed by atoms with Crippen molar-refractivity contribution in [2.24, 2.45) is 0 Å². The van der Waals surface area contributed by atoms with Crippen LogP contribution in [0.3, 0.4) is 0 Å². The lowest BCUT2D eigenvalue weighted by Gasteiger charge is -2.27. The third kappa shape index (κ3) is 3.87. The predicted octanol–water partition coefficient (Wildman–Crippen LogP) is 4.35. The van der Waals surface area contributed by atoms with Crippen molar-refractivity contribution in [3.05, 3.63) is 47.1 Å². The van der Waals surface area contributed by atoms with Crippen LogP contribution in [0, 0.1) is 0 Å². The highest BCUT2D eigenvalue weighted by Crippen LogP contribution is 2.27. The summed E-state index contributed by atoms with van der Waals surface area (Å²) in [5, 5.41) is 5.45. The molecule has 1 aromatic carbocycles. The minimum Gasteiger partial charge on any atom is -0.383 e. The number of imidazole rings is 1. The molecule has 1 fully saturated rings. The molecule has 1 aliphatic heterocycles. The smallest absolute Gasteiger partial charge is 0.226 e. The Balaban J connectivity index is 1.37. The maximum absolute atomic E-state index is 6.25. The van der Waals surface area contributed by atoms with Crippen molar-refractivity contribution in [1.29, 1.82) is 0 Å². The van der Waals surface area contributed by atoms with E-state index in [1.807, 2.05) is 46.9 Å². The van der Waals surface area contributed by atoms with E-state index in [9.17, 15) is 0 Å². The van der Waals surface area contributed by atoms with Gasteiger partial charge < -0.3 is 14.8 Å². The monoisotopic (exact) mass is 459 g/mol. The van der Waals surface area contributed by atoms with Crippen LogP contribution in [0.4, 0.5) is 11.5 Å². The number of aromatic nitrogens is 5. The topological polar surface area (TPSA) is 71.8 Å². The van der Waals surface area contributed by atoms with Crippen LogP contribution >= 0.6 is 35.0 Å². The van der Waals surface area contributed by atoms with Gasteiger partial charge in [-0.25, -0.2) is 4.98 Å². The van der Waals surface area contributed by atoms with E-state index < -0.39 is 0 Å². The summed E-state index contributed by atoms with van der Waals surface area (Å²) in [5.41, 5.74) is 3.44. The number of hydrogen-bond acceptors (Lipinski definition) is 7. The van der Waals surface area contributed by atoms with Gasteiger partial charge in [0.15, 0.2) is 17.0 Å². The number of hydrogen-bond donors (Lipinski definition) is 1. The number of benzene rings is 1. The fraction of sp³-hybridized carbons (Fsp3) is 0.300. The normalized spacial score (nSPS) is 14.5. The summed E-state index contributed by atoms with van der Waals surface area (Å²) in [6, 6.07) is 7.69. The molecule has 3 aromatic heterocycles. The average molecular weight is 460 g/mol. The molecule has 5 rings (SSSR count). The Kier molecular flexibility index (Phi) is 5.54. The van der Waals surface area contributed by atoms with Gasteiger partial charge in [0.05, 0.1) is 11.8 Å². The van der Waals surface area contributed by atoms with Crippen LogP contribution in [-0.2, 0) is 6.54 Å². The summed E-state index contributed by atoms with van der Waals surface area (Å²) >= 11 is 14.3. The van der Waals surface area contributed by atoms with Gasteiger partial charge in [0, 0.05) is 60.0 Å². The molecule has 4 heterocycles. The van der Waals surface area contributed by atoms with E-state index >= 15 is 0 Å². The Morgan fingerprint density at radius 2 is 1.93 bits per heavy atom. The van der Waals surface area contributed by atoms with Crippen LogP contribution in [-0.4, -0.2) is 55.6 Å². The molecule has 7 nitrogen and oxygen atoms in total. The molecule has 0 unspecified atom stereocenters.